The molecule has 24 heavy (non-hydrogen) atoms. The molecule has 1 aliphatic heterocycles. The molecule has 1 saturated heterocycles. The quantitative estimate of drug-likeness (QED) is 0.894. The van der Waals surface area contributed by atoms with Crippen molar-refractivity contribution >= 4 is 17.6 Å². The molecule has 0 aromatic heterocycles. The number of hydrogen-bond acceptors (Lipinski definition) is 2. The summed E-state index contributed by atoms with van der Waals surface area (Å²) in [5.74, 6) is -0.445. The van der Waals surface area contributed by atoms with Crippen molar-refractivity contribution in [1.29, 1.82) is 0 Å². The summed E-state index contributed by atoms with van der Waals surface area (Å²) in [4.78, 5) is 26.6. The molecule has 0 spiro atoms. The third-order valence-electron chi connectivity index (χ3n) is 3.79. The Morgan fingerprint density at radius 2 is 1.83 bits per heavy atom. The van der Waals surface area contributed by atoms with Crippen molar-refractivity contribution in [2.75, 3.05) is 31.1 Å². The zero-order chi connectivity index (χ0) is 17.9. The number of carbonyl (C=O) groups excluding carboxylic acids is 2. The normalized spacial score (nSPS) is 15.3. The molecule has 132 valence electrons. The fourth-order valence-corrected chi connectivity index (χ4v) is 2.44. The lowest BCUT2D eigenvalue weighted by Crippen LogP contribution is -2.42. The number of benzene rings is 1. The molecule has 3 amide bonds. The van der Waals surface area contributed by atoms with Crippen molar-refractivity contribution in [3.63, 3.8) is 0 Å². The van der Waals surface area contributed by atoms with E-state index in [0.717, 1.165) is 5.56 Å². The van der Waals surface area contributed by atoms with E-state index in [1.54, 1.807) is 5.32 Å². The summed E-state index contributed by atoms with van der Waals surface area (Å²) >= 11 is 0. The molecule has 1 fully saturated rings. The number of alkyl halides is 3. The summed E-state index contributed by atoms with van der Waals surface area (Å²) in [5, 5.41) is 1.77. The van der Waals surface area contributed by atoms with Gasteiger partial charge in [-0.15, -0.1) is 0 Å². The lowest BCUT2D eigenvalue weighted by atomic mass is 10.0. The highest BCUT2D eigenvalue weighted by Crippen LogP contribution is 2.23. The van der Waals surface area contributed by atoms with Gasteiger partial charge in [0.25, 0.3) is 0 Å². The van der Waals surface area contributed by atoms with Gasteiger partial charge in [0.1, 0.15) is 13.1 Å². The Bertz CT molecular complexity index is 600. The Balaban J connectivity index is 1.93. The van der Waals surface area contributed by atoms with Crippen LogP contribution in [-0.2, 0) is 4.79 Å². The van der Waals surface area contributed by atoms with Crippen molar-refractivity contribution in [2.24, 2.45) is 0 Å². The third kappa shape index (κ3) is 4.62. The average Bonchev–Trinajstić information content (AvgIpc) is 2.86. The Labute approximate surface area is 138 Å². The number of amides is 3. The molecule has 2 rings (SSSR count). The predicted molar refractivity (Wildman–Crippen MR) is 83.9 cm³/mol. The average molecular weight is 343 g/mol. The van der Waals surface area contributed by atoms with Crippen LogP contribution in [-0.4, -0.2) is 49.2 Å². The minimum Gasteiger partial charge on any atom is -0.345 e. The molecular formula is C16H20F3N3O2. The van der Waals surface area contributed by atoms with Crippen LogP contribution in [0, 0.1) is 0 Å². The van der Waals surface area contributed by atoms with Gasteiger partial charge in [0.2, 0.25) is 5.91 Å². The van der Waals surface area contributed by atoms with Gasteiger partial charge >= 0.3 is 12.2 Å². The van der Waals surface area contributed by atoms with Crippen molar-refractivity contribution in [2.45, 2.75) is 25.9 Å². The second kappa shape index (κ2) is 7.11. The van der Waals surface area contributed by atoms with Crippen molar-refractivity contribution in [3.05, 3.63) is 29.8 Å². The van der Waals surface area contributed by atoms with Crippen LogP contribution in [0.2, 0.25) is 0 Å². The van der Waals surface area contributed by atoms with E-state index >= 15 is 0 Å². The number of halogens is 3. The van der Waals surface area contributed by atoms with Gasteiger partial charge < -0.3 is 10.2 Å². The number of rotatable bonds is 5. The van der Waals surface area contributed by atoms with Crippen LogP contribution in [0.5, 0.6) is 0 Å². The van der Waals surface area contributed by atoms with E-state index in [4.69, 9.17) is 0 Å². The Morgan fingerprint density at radius 1 is 1.21 bits per heavy atom. The first-order valence-corrected chi connectivity index (χ1v) is 7.67. The van der Waals surface area contributed by atoms with Crippen molar-refractivity contribution in [1.82, 2.24) is 10.2 Å². The van der Waals surface area contributed by atoms with Gasteiger partial charge in [0.05, 0.1) is 0 Å². The summed E-state index contributed by atoms with van der Waals surface area (Å²) in [7, 11) is 0. The Kier molecular flexibility index (Phi) is 5.36. The van der Waals surface area contributed by atoms with E-state index in [1.807, 2.05) is 24.3 Å². The van der Waals surface area contributed by atoms with Gasteiger partial charge in [-0.05, 0) is 23.6 Å². The first-order chi connectivity index (χ1) is 11.2. The van der Waals surface area contributed by atoms with Crippen LogP contribution in [0.3, 0.4) is 0 Å². The standard InChI is InChI=1S/C16H20F3N3O2/c1-11(2)12-3-5-13(6-4-12)22-8-7-21(15(22)24)9-14(23)20-10-16(17,18)19/h3-6,11H,7-10H2,1-2H3,(H,20,23). The molecule has 1 aromatic rings. The van der Waals surface area contributed by atoms with E-state index in [1.165, 1.54) is 9.80 Å². The number of nitrogens with zero attached hydrogens (tertiary/aromatic N) is 2. The monoisotopic (exact) mass is 343 g/mol. The zero-order valence-electron chi connectivity index (χ0n) is 13.6. The van der Waals surface area contributed by atoms with Crippen LogP contribution in [0.1, 0.15) is 25.3 Å². The summed E-state index contributed by atoms with van der Waals surface area (Å²) in [6.45, 7) is 3.05. The SMILES string of the molecule is CC(C)c1ccc(N2CCN(CC(=O)NCC(F)(F)F)C2=O)cc1. The van der Waals surface area contributed by atoms with Gasteiger partial charge in [-0.2, -0.15) is 13.2 Å². The topological polar surface area (TPSA) is 52.6 Å². The minimum atomic E-state index is -4.46. The lowest BCUT2D eigenvalue weighted by molar-refractivity contribution is -0.138. The minimum absolute atomic E-state index is 0.296. The second-order valence-corrected chi connectivity index (χ2v) is 5.99. The van der Waals surface area contributed by atoms with E-state index in [-0.39, 0.29) is 12.6 Å². The smallest absolute Gasteiger partial charge is 0.345 e. The van der Waals surface area contributed by atoms with Crippen LogP contribution in [0.4, 0.5) is 23.7 Å². The largest absolute Gasteiger partial charge is 0.405 e. The van der Waals surface area contributed by atoms with Gasteiger partial charge in [0, 0.05) is 18.8 Å². The maximum atomic E-state index is 12.3. The molecule has 1 heterocycles. The maximum absolute atomic E-state index is 12.3. The fourth-order valence-electron chi connectivity index (χ4n) is 2.44. The maximum Gasteiger partial charge on any atom is 0.405 e. The molecule has 8 heteroatoms. The number of carbonyl (C=O) groups is 2. The van der Waals surface area contributed by atoms with Crippen molar-refractivity contribution in [3.8, 4) is 0 Å². The molecule has 1 aliphatic rings. The van der Waals surface area contributed by atoms with Gasteiger partial charge in [-0.25, -0.2) is 4.79 Å². The molecule has 1 N–H and O–H groups in total. The highest BCUT2D eigenvalue weighted by atomic mass is 19.4. The van der Waals surface area contributed by atoms with E-state index in [9.17, 15) is 22.8 Å². The fraction of sp³-hybridized carbons (Fsp3) is 0.500. The molecule has 1 aromatic carbocycles. The summed E-state index contributed by atoms with van der Waals surface area (Å²) < 4.78 is 36.2. The Morgan fingerprint density at radius 3 is 2.38 bits per heavy atom. The summed E-state index contributed by atoms with van der Waals surface area (Å²) in [5.41, 5.74) is 1.86. The van der Waals surface area contributed by atoms with E-state index in [0.29, 0.717) is 24.7 Å². The highest BCUT2D eigenvalue weighted by molar-refractivity contribution is 5.96. The first-order valence-electron chi connectivity index (χ1n) is 7.67. The van der Waals surface area contributed by atoms with Crippen LogP contribution in [0.25, 0.3) is 0 Å². The highest BCUT2D eigenvalue weighted by Gasteiger charge is 2.32. The molecule has 0 unspecified atom stereocenters. The number of nitrogens with one attached hydrogen (secondary N) is 1. The molecule has 0 atom stereocenters. The second-order valence-electron chi connectivity index (χ2n) is 5.99. The molecule has 0 saturated carbocycles. The number of urea groups is 1. The van der Waals surface area contributed by atoms with Crippen LogP contribution < -0.4 is 10.2 Å². The summed E-state index contributed by atoms with van der Waals surface area (Å²) in [6.07, 6.45) is -4.46. The summed E-state index contributed by atoms with van der Waals surface area (Å²) in [6, 6.07) is 7.16. The molecule has 0 aliphatic carbocycles. The Hall–Kier alpha value is -2.25. The van der Waals surface area contributed by atoms with E-state index in [2.05, 4.69) is 13.8 Å². The third-order valence-corrected chi connectivity index (χ3v) is 3.79. The number of anilines is 1. The van der Waals surface area contributed by atoms with Gasteiger partial charge in [-0.1, -0.05) is 26.0 Å². The van der Waals surface area contributed by atoms with Crippen LogP contribution in [0.15, 0.2) is 24.3 Å². The predicted octanol–water partition coefficient (Wildman–Crippen LogP) is 2.73. The van der Waals surface area contributed by atoms with Gasteiger partial charge in [0.15, 0.2) is 0 Å². The molecule has 0 bridgehead atoms. The van der Waals surface area contributed by atoms with Crippen LogP contribution >= 0.6 is 0 Å². The first kappa shape index (κ1) is 18.1. The van der Waals surface area contributed by atoms with E-state index < -0.39 is 18.6 Å². The lowest BCUT2D eigenvalue weighted by Gasteiger charge is -2.19. The zero-order valence-corrected chi connectivity index (χ0v) is 13.6. The molecular weight excluding hydrogens is 323 g/mol. The number of hydrogen-bond donors (Lipinski definition) is 1. The molecule has 0 radical (unpaired) electrons. The molecule has 5 nitrogen and oxygen atoms in total. The van der Waals surface area contributed by atoms with Crippen molar-refractivity contribution < 1.29 is 22.8 Å². The van der Waals surface area contributed by atoms with Gasteiger partial charge in [-0.3, -0.25) is 9.69 Å².